The van der Waals surface area contributed by atoms with Gasteiger partial charge < -0.3 is 21.1 Å². The SMILES string of the molecule is CC(=O)O.CCS(=O)(=O)c1ccc(CC(=O)Nc2c(N)cc(Cl)c(Br)c2Cl)cc1.CCS(=O)(=O)c1ccc(Cc2nc3c(Cl)c(Br)c(Cl)cc3[nH]2)cc1. The minimum atomic E-state index is -3.26. The normalized spacial score (nSPS) is 11.3. The van der Waals surface area contributed by atoms with E-state index in [1.165, 1.54) is 18.2 Å². The van der Waals surface area contributed by atoms with Crippen LogP contribution in [0, 0.1) is 0 Å². The molecule has 1 amide bonds. The van der Waals surface area contributed by atoms with E-state index in [1.54, 1.807) is 56.3 Å². The second kappa shape index (κ2) is 19.1. The van der Waals surface area contributed by atoms with Crippen LogP contribution in [0.4, 0.5) is 11.4 Å². The molecule has 19 heteroatoms. The van der Waals surface area contributed by atoms with Crippen LogP contribution >= 0.6 is 78.3 Å². The molecule has 0 atom stereocenters. The minimum Gasteiger partial charge on any atom is -0.481 e. The number of carbonyl (C=O) groups excluding carboxylic acids is 1. The number of hydrogen-bond acceptors (Lipinski definition) is 8. The number of imidazole rings is 1. The third kappa shape index (κ3) is 12.0. The number of carbonyl (C=O) groups is 2. The molecule has 0 fully saturated rings. The number of amides is 1. The van der Waals surface area contributed by atoms with Crippen LogP contribution in [0.5, 0.6) is 0 Å². The number of H-pyrrole nitrogens is 1. The van der Waals surface area contributed by atoms with Crippen molar-refractivity contribution in [3.05, 3.63) is 107 Å². The number of nitrogen functional groups attached to an aromatic ring is 1. The van der Waals surface area contributed by atoms with Crippen molar-refractivity contribution in [2.75, 3.05) is 22.6 Å². The molecule has 5 rings (SSSR count). The largest absolute Gasteiger partial charge is 0.481 e. The van der Waals surface area contributed by atoms with Crippen molar-refractivity contribution in [2.45, 2.75) is 43.4 Å². The second-order valence-corrected chi connectivity index (χ2v) is 18.7. The van der Waals surface area contributed by atoms with Crippen molar-refractivity contribution in [1.29, 1.82) is 0 Å². The van der Waals surface area contributed by atoms with Crippen molar-refractivity contribution < 1.29 is 31.5 Å². The molecular weight excluding hydrogens is 942 g/mol. The smallest absolute Gasteiger partial charge is 0.300 e. The number of fused-ring (bicyclic) bond motifs is 1. The first-order valence-corrected chi connectivity index (χ1v) is 21.7. The van der Waals surface area contributed by atoms with E-state index >= 15 is 0 Å². The molecule has 0 aliphatic heterocycles. The number of nitrogens with two attached hydrogens (primary N) is 1. The number of nitrogens with zero attached hydrogens (tertiary/aromatic N) is 1. The molecule has 5 aromatic rings. The topological polar surface area (TPSA) is 189 Å². The number of carboxylic acid groups (broad SMARTS) is 1. The monoisotopic (exact) mass is 970 g/mol. The average molecular weight is 974 g/mol. The van der Waals surface area contributed by atoms with E-state index in [4.69, 9.17) is 62.0 Å². The first-order chi connectivity index (χ1) is 24.7. The van der Waals surface area contributed by atoms with Gasteiger partial charge in [0, 0.05) is 13.3 Å². The number of nitrogens with one attached hydrogen (secondary N) is 2. The lowest BCUT2D eigenvalue weighted by molar-refractivity contribution is -0.134. The lowest BCUT2D eigenvalue weighted by Crippen LogP contribution is -2.16. The molecule has 1 heterocycles. The molecule has 0 aliphatic carbocycles. The van der Waals surface area contributed by atoms with E-state index in [-0.39, 0.29) is 45.1 Å². The summed E-state index contributed by atoms with van der Waals surface area (Å²) < 4.78 is 48.3. The Morgan fingerprint density at radius 3 is 1.75 bits per heavy atom. The fourth-order valence-electron chi connectivity index (χ4n) is 4.46. The Hall–Kier alpha value is -2.89. The number of anilines is 2. The average Bonchev–Trinajstić information content (AvgIpc) is 3.50. The highest BCUT2D eigenvalue weighted by Gasteiger charge is 2.17. The Bertz CT molecular complexity index is 2360. The maximum absolute atomic E-state index is 12.2. The van der Waals surface area contributed by atoms with Crippen molar-refractivity contribution >= 4 is 132 Å². The third-order valence-corrected chi connectivity index (χ3v) is 14.6. The van der Waals surface area contributed by atoms with Crippen LogP contribution in [0.1, 0.15) is 37.7 Å². The zero-order valence-electron chi connectivity index (χ0n) is 28.1. The highest BCUT2D eigenvalue weighted by Crippen LogP contribution is 2.40. The van der Waals surface area contributed by atoms with Crippen LogP contribution in [0.3, 0.4) is 0 Å². The molecule has 0 saturated carbocycles. The number of carboxylic acids is 1. The van der Waals surface area contributed by atoms with Crippen LogP contribution in [0.25, 0.3) is 11.0 Å². The lowest BCUT2D eigenvalue weighted by atomic mass is 10.1. The second-order valence-electron chi connectivity index (χ2n) is 11.0. The number of benzene rings is 4. The summed E-state index contributed by atoms with van der Waals surface area (Å²) in [5, 5.41) is 11.6. The van der Waals surface area contributed by atoms with E-state index in [0.29, 0.717) is 46.4 Å². The summed E-state index contributed by atoms with van der Waals surface area (Å²) in [6, 6.07) is 16.3. The Labute approximate surface area is 343 Å². The summed E-state index contributed by atoms with van der Waals surface area (Å²) in [6.45, 7) is 4.29. The highest BCUT2D eigenvalue weighted by molar-refractivity contribution is 9.11. The molecule has 5 N–H and O–H groups in total. The van der Waals surface area contributed by atoms with E-state index in [2.05, 4.69) is 47.1 Å². The minimum absolute atomic E-state index is 0.0239. The molecule has 11 nitrogen and oxygen atoms in total. The fourth-order valence-corrected chi connectivity index (χ4v) is 7.86. The van der Waals surface area contributed by atoms with E-state index in [9.17, 15) is 21.6 Å². The zero-order valence-corrected chi connectivity index (χ0v) is 35.9. The maximum atomic E-state index is 12.2. The molecule has 0 unspecified atom stereocenters. The maximum Gasteiger partial charge on any atom is 0.300 e. The number of aromatic nitrogens is 2. The van der Waals surface area contributed by atoms with Crippen molar-refractivity contribution in [2.24, 2.45) is 0 Å². The Balaban J connectivity index is 0.000000259. The summed E-state index contributed by atoms with van der Waals surface area (Å²) in [5.74, 6) is -0.332. The number of sulfone groups is 2. The van der Waals surface area contributed by atoms with Crippen LogP contribution in [-0.2, 0) is 42.1 Å². The van der Waals surface area contributed by atoms with Gasteiger partial charge in [-0.3, -0.25) is 9.59 Å². The summed E-state index contributed by atoms with van der Waals surface area (Å²) >= 11 is 31.0. The van der Waals surface area contributed by atoms with Gasteiger partial charge in [-0.1, -0.05) is 84.5 Å². The number of hydrogen-bond donors (Lipinski definition) is 4. The highest BCUT2D eigenvalue weighted by atomic mass is 79.9. The molecular formula is C34H32Br2Cl4N4O7S2. The summed E-state index contributed by atoms with van der Waals surface area (Å²) in [5.41, 5.74) is 9.38. The molecule has 1 aromatic heterocycles. The molecule has 0 radical (unpaired) electrons. The first-order valence-electron chi connectivity index (χ1n) is 15.3. The van der Waals surface area contributed by atoms with Crippen molar-refractivity contribution in [1.82, 2.24) is 9.97 Å². The predicted octanol–water partition coefficient (Wildman–Crippen LogP) is 9.42. The zero-order chi connectivity index (χ0) is 39.8. The number of halogens is 6. The predicted molar refractivity (Wildman–Crippen MR) is 219 cm³/mol. The molecule has 0 bridgehead atoms. The van der Waals surface area contributed by atoms with E-state index in [1.807, 2.05) is 0 Å². The van der Waals surface area contributed by atoms with Gasteiger partial charge in [-0.15, -0.1) is 0 Å². The van der Waals surface area contributed by atoms with Gasteiger partial charge in [0.05, 0.1) is 73.6 Å². The van der Waals surface area contributed by atoms with Gasteiger partial charge in [0.25, 0.3) is 5.97 Å². The quantitative estimate of drug-likeness (QED) is 0.0824. The standard InChI is InChI=1S/C16H15BrCl2N2O3S.C16H13BrCl2N2O2S.C2H4O2/c1-2-25(23,24)10-5-3-9(4-6-10)7-13(22)21-16-12(20)8-11(18)14(17)15(16)19;1-2-24(22,23)10-5-3-9(4-6-10)7-13-20-12-8-11(18)14(17)15(19)16(12)21-13;1-2(3)4/h3-6,8H,2,7,20H2,1H3,(H,21,22);3-6,8H,2,7H2,1H3,(H,20,21);1H3,(H,3,4). The van der Waals surface area contributed by atoms with Gasteiger partial charge in [-0.05, 0) is 79.4 Å². The van der Waals surface area contributed by atoms with Crippen LogP contribution in [-0.4, -0.2) is 55.3 Å². The molecule has 284 valence electrons. The Morgan fingerprint density at radius 1 is 0.811 bits per heavy atom. The fraction of sp³-hybridized carbons (Fsp3) is 0.206. The summed E-state index contributed by atoms with van der Waals surface area (Å²) in [7, 11) is -6.45. The Morgan fingerprint density at radius 2 is 1.26 bits per heavy atom. The van der Waals surface area contributed by atoms with Crippen LogP contribution < -0.4 is 11.1 Å². The summed E-state index contributed by atoms with van der Waals surface area (Å²) in [4.78, 5) is 29.5. The first kappa shape index (κ1) is 44.5. The number of rotatable bonds is 9. The number of aliphatic carboxylic acids is 1. The Kier molecular flexibility index (Phi) is 16.1. The van der Waals surface area contributed by atoms with Gasteiger partial charge in [0.15, 0.2) is 19.7 Å². The van der Waals surface area contributed by atoms with Crippen LogP contribution in [0.2, 0.25) is 20.1 Å². The van der Waals surface area contributed by atoms with Gasteiger partial charge in [0.2, 0.25) is 5.91 Å². The van der Waals surface area contributed by atoms with Crippen molar-refractivity contribution in [3.8, 4) is 0 Å². The van der Waals surface area contributed by atoms with Gasteiger partial charge >= 0.3 is 0 Å². The van der Waals surface area contributed by atoms with Crippen molar-refractivity contribution in [3.63, 3.8) is 0 Å². The van der Waals surface area contributed by atoms with Crippen LogP contribution in [0.15, 0.2) is 79.4 Å². The molecule has 4 aromatic carbocycles. The molecule has 53 heavy (non-hydrogen) atoms. The van der Waals surface area contributed by atoms with Gasteiger partial charge in [-0.25, -0.2) is 21.8 Å². The lowest BCUT2D eigenvalue weighted by Gasteiger charge is -2.13. The van der Waals surface area contributed by atoms with Gasteiger partial charge in [-0.2, -0.15) is 0 Å². The van der Waals surface area contributed by atoms with E-state index < -0.39 is 25.6 Å². The summed E-state index contributed by atoms with van der Waals surface area (Å²) in [6.07, 6.45) is 0.579. The van der Waals surface area contributed by atoms with E-state index in [0.717, 1.165) is 23.8 Å². The number of aromatic amines is 1. The molecule has 0 saturated heterocycles. The molecule has 0 spiro atoms. The third-order valence-electron chi connectivity index (χ3n) is 7.18. The molecule has 0 aliphatic rings. The van der Waals surface area contributed by atoms with Gasteiger partial charge in [0.1, 0.15) is 11.3 Å².